The molecule has 0 spiro atoms. The fraction of sp³-hybridized carbons (Fsp3) is 0.250. The van der Waals surface area contributed by atoms with Crippen molar-refractivity contribution in [3.63, 3.8) is 0 Å². The first-order chi connectivity index (χ1) is 12.5. The lowest BCUT2D eigenvalue weighted by molar-refractivity contribution is -0.116. The predicted octanol–water partition coefficient (Wildman–Crippen LogP) is 4.97. The van der Waals surface area contributed by atoms with Crippen molar-refractivity contribution in [3.8, 4) is 11.4 Å². The van der Waals surface area contributed by atoms with Gasteiger partial charge in [0.25, 0.3) is 0 Å². The molecule has 0 saturated carbocycles. The first kappa shape index (κ1) is 18.1. The maximum Gasteiger partial charge on any atom is 0.226 e. The van der Waals surface area contributed by atoms with Crippen LogP contribution >= 0.6 is 11.6 Å². The molecule has 0 saturated heterocycles. The summed E-state index contributed by atoms with van der Waals surface area (Å²) in [6.07, 6.45) is 1.55. The molecule has 1 amide bonds. The van der Waals surface area contributed by atoms with E-state index in [2.05, 4.69) is 15.5 Å². The summed E-state index contributed by atoms with van der Waals surface area (Å²) in [4.78, 5) is 16.5. The van der Waals surface area contributed by atoms with E-state index in [1.807, 2.05) is 50.2 Å². The van der Waals surface area contributed by atoms with Gasteiger partial charge in [0, 0.05) is 24.1 Å². The van der Waals surface area contributed by atoms with Crippen LogP contribution in [0.1, 0.15) is 29.9 Å². The SMILES string of the molecule is Cc1cccc(NC(=O)CCCc2nc(-c3ccccc3Cl)no2)c1C. The lowest BCUT2D eigenvalue weighted by Gasteiger charge is -2.09. The van der Waals surface area contributed by atoms with E-state index in [0.717, 1.165) is 22.4 Å². The highest BCUT2D eigenvalue weighted by molar-refractivity contribution is 6.33. The Morgan fingerprint density at radius 1 is 1.15 bits per heavy atom. The van der Waals surface area contributed by atoms with Crippen molar-refractivity contribution in [3.05, 3.63) is 64.5 Å². The van der Waals surface area contributed by atoms with Gasteiger partial charge in [-0.2, -0.15) is 4.98 Å². The summed E-state index contributed by atoms with van der Waals surface area (Å²) in [5, 5.41) is 7.49. The third-order valence-corrected chi connectivity index (χ3v) is 4.59. The molecule has 6 heteroatoms. The van der Waals surface area contributed by atoms with Crippen LogP contribution in [0, 0.1) is 13.8 Å². The van der Waals surface area contributed by atoms with Crippen molar-refractivity contribution in [1.82, 2.24) is 10.1 Å². The van der Waals surface area contributed by atoms with Gasteiger partial charge in [0.15, 0.2) is 0 Å². The molecular weight excluding hydrogens is 350 g/mol. The highest BCUT2D eigenvalue weighted by Gasteiger charge is 2.12. The monoisotopic (exact) mass is 369 g/mol. The molecule has 1 aromatic heterocycles. The van der Waals surface area contributed by atoms with Gasteiger partial charge in [0.05, 0.1) is 5.02 Å². The molecule has 1 heterocycles. The molecule has 0 radical (unpaired) electrons. The fourth-order valence-corrected chi connectivity index (χ4v) is 2.83. The van der Waals surface area contributed by atoms with Crippen molar-refractivity contribution in [1.29, 1.82) is 0 Å². The average Bonchev–Trinajstić information content (AvgIpc) is 3.08. The molecule has 2 aromatic carbocycles. The van der Waals surface area contributed by atoms with Crippen LogP contribution in [0.4, 0.5) is 5.69 Å². The highest BCUT2D eigenvalue weighted by Crippen LogP contribution is 2.25. The van der Waals surface area contributed by atoms with Crippen molar-refractivity contribution in [2.45, 2.75) is 33.1 Å². The molecule has 26 heavy (non-hydrogen) atoms. The zero-order valence-corrected chi connectivity index (χ0v) is 15.5. The Hall–Kier alpha value is -2.66. The first-order valence-corrected chi connectivity index (χ1v) is 8.86. The third kappa shape index (κ3) is 4.29. The molecule has 5 nitrogen and oxygen atoms in total. The van der Waals surface area contributed by atoms with E-state index in [1.165, 1.54) is 0 Å². The van der Waals surface area contributed by atoms with Crippen LogP contribution in [0.2, 0.25) is 5.02 Å². The average molecular weight is 370 g/mol. The molecule has 0 fully saturated rings. The Balaban J connectivity index is 1.53. The Morgan fingerprint density at radius 2 is 1.96 bits per heavy atom. The topological polar surface area (TPSA) is 68.0 Å². The maximum atomic E-state index is 12.1. The van der Waals surface area contributed by atoms with E-state index < -0.39 is 0 Å². The predicted molar refractivity (Wildman–Crippen MR) is 102 cm³/mol. The van der Waals surface area contributed by atoms with E-state index in [4.69, 9.17) is 16.1 Å². The number of benzene rings is 2. The van der Waals surface area contributed by atoms with Gasteiger partial charge in [0.2, 0.25) is 17.6 Å². The second kappa shape index (κ2) is 8.15. The highest BCUT2D eigenvalue weighted by atomic mass is 35.5. The molecule has 134 valence electrons. The Bertz CT molecular complexity index is 921. The molecule has 1 N–H and O–H groups in total. The second-order valence-electron chi connectivity index (χ2n) is 6.14. The smallest absolute Gasteiger partial charge is 0.226 e. The summed E-state index contributed by atoms with van der Waals surface area (Å²) < 4.78 is 5.26. The van der Waals surface area contributed by atoms with Gasteiger partial charge in [-0.05, 0) is 49.6 Å². The van der Waals surface area contributed by atoms with Crippen molar-refractivity contribution < 1.29 is 9.32 Å². The van der Waals surface area contributed by atoms with Crippen LogP contribution in [0.3, 0.4) is 0 Å². The van der Waals surface area contributed by atoms with Gasteiger partial charge in [-0.25, -0.2) is 0 Å². The minimum absolute atomic E-state index is 0.0236. The number of nitrogens with one attached hydrogen (secondary N) is 1. The first-order valence-electron chi connectivity index (χ1n) is 8.48. The number of hydrogen-bond donors (Lipinski definition) is 1. The standard InChI is InChI=1S/C20H20ClN3O2/c1-13-7-5-10-17(14(13)2)22-18(25)11-6-12-19-23-20(24-26-19)15-8-3-4-9-16(15)21/h3-5,7-10H,6,11-12H2,1-2H3,(H,22,25). The number of hydrogen-bond acceptors (Lipinski definition) is 4. The molecule has 3 aromatic rings. The molecule has 0 aliphatic carbocycles. The molecule has 0 aliphatic rings. The molecule has 0 atom stereocenters. The van der Waals surface area contributed by atoms with E-state index in [0.29, 0.717) is 36.0 Å². The largest absolute Gasteiger partial charge is 0.339 e. The minimum Gasteiger partial charge on any atom is -0.339 e. The Labute approximate surface area is 157 Å². The number of amides is 1. The van der Waals surface area contributed by atoms with Crippen LogP contribution in [0.5, 0.6) is 0 Å². The van der Waals surface area contributed by atoms with Gasteiger partial charge in [0.1, 0.15) is 0 Å². The summed E-state index contributed by atoms with van der Waals surface area (Å²) in [6, 6.07) is 13.2. The van der Waals surface area contributed by atoms with E-state index in [9.17, 15) is 4.79 Å². The summed E-state index contributed by atoms with van der Waals surface area (Å²) in [7, 11) is 0. The number of nitrogens with zero attached hydrogens (tertiary/aromatic N) is 2. The van der Waals surface area contributed by atoms with Crippen molar-refractivity contribution >= 4 is 23.2 Å². The third-order valence-electron chi connectivity index (χ3n) is 4.26. The van der Waals surface area contributed by atoms with Crippen LogP contribution in [0.15, 0.2) is 47.0 Å². The number of halogens is 1. The van der Waals surface area contributed by atoms with Gasteiger partial charge in [-0.3, -0.25) is 4.79 Å². The number of aryl methyl sites for hydroxylation is 2. The quantitative estimate of drug-likeness (QED) is 0.666. The fourth-order valence-electron chi connectivity index (χ4n) is 2.61. The maximum absolute atomic E-state index is 12.1. The summed E-state index contributed by atoms with van der Waals surface area (Å²) in [6.45, 7) is 4.02. The van der Waals surface area contributed by atoms with Crippen LogP contribution in [-0.4, -0.2) is 16.0 Å². The van der Waals surface area contributed by atoms with Gasteiger partial charge < -0.3 is 9.84 Å². The van der Waals surface area contributed by atoms with Crippen LogP contribution in [0.25, 0.3) is 11.4 Å². The van der Waals surface area contributed by atoms with E-state index in [-0.39, 0.29) is 5.91 Å². The van der Waals surface area contributed by atoms with Gasteiger partial charge in [-0.1, -0.05) is 41.0 Å². The number of carbonyl (C=O) groups excluding carboxylic acids is 1. The zero-order valence-electron chi connectivity index (χ0n) is 14.8. The van der Waals surface area contributed by atoms with Crippen LogP contribution < -0.4 is 5.32 Å². The van der Waals surface area contributed by atoms with Gasteiger partial charge in [-0.15, -0.1) is 0 Å². The van der Waals surface area contributed by atoms with E-state index in [1.54, 1.807) is 6.07 Å². The lowest BCUT2D eigenvalue weighted by Crippen LogP contribution is -2.12. The summed E-state index contributed by atoms with van der Waals surface area (Å²) in [5.74, 6) is 0.939. The van der Waals surface area contributed by atoms with Crippen molar-refractivity contribution in [2.24, 2.45) is 0 Å². The Morgan fingerprint density at radius 3 is 2.77 bits per heavy atom. The normalized spacial score (nSPS) is 10.7. The zero-order chi connectivity index (χ0) is 18.5. The van der Waals surface area contributed by atoms with Gasteiger partial charge >= 0.3 is 0 Å². The Kier molecular flexibility index (Phi) is 5.68. The van der Waals surface area contributed by atoms with Crippen molar-refractivity contribution in [2.75, 3.05) is 5.32 Å². The minimum atomic E-state index is -0.0236. The molecule has 0 bridgehead atoms. The van der Waals surface area contributed by atoms with Crippen LogP contribution in [-0.2, 0) is 11.2 Å². The number of carbonyl (C=O) groups is 1. The number of anilines is 1. The molecule has 3 rings (SSSR count). The number of aromatic nitrogens is 2. The lowest BCUT2D eigenvalue weighted by atomic mass is 10.1. The molecule has 0 aliphatic heterocycles. The number of rotatable bonds is 6. The van der Waals surface area contributed by atoms with E-state index >= 15 is 0 Å². The molecular formula is C20H20ClN3O2. The summed E-state index contributed by atoms with van der Waals surface area (Å²) >= 11 is 6.14. The summed E-state index contributed by atoms with van der Waals surface area (Å²) in [5.41, 5.74) is 3.83. The second-order valence-corrected chi connectivity index (χ2v) is 6.55. The molecule has 0 unspecified atom stereocenters.